The molecule has 96 valence electrons. The molecule has 0 amide bonds. The van der Waals surface area contributed by atoms with E-state index in [0.29, 0.717) is 0 Å². The summed E-state index contributed by atoms with van der Waals surface area (Å²) in [5.41, 5.74) is 1.51. The van der Waals surface area contributed by atoms with E-state index >= 15 is 0 Å². The zero-order valence-corrected chi connectivity index (χ0v) is 13.1. The highest BCUT2D eigenvalue weighted by atomic mass is 14.0. The van der Waals surface area contributed by atoms with E-state index in [9.17, 15) is 0 Å². The van der Waals surface area contributed by atoms with Crippen LogP contribution in [-0.4, -0.2) is 0 Å². The van der Waals surface area contributed by atoms with Crippen LogP contribution in [0.25, 0.3) is 0 Å². The monoisotopic (exact) mass is 216 g/mol. The van der Waals surface area contributed by atoms with Crippen LogP contribution in [0.5, 0.6) is 0 Å². The van der Waals surface area contributed by atoms with Gasteiger partial charge in [-0.15, -0.1) is 0 Å². The lowest BCUT2D eigenvalue weighted by Gasteiger charge is -2.01. The van der Waals surface area contributed by atoms with Crippen molar-refractivity contribution < 1.29 is 0 Å². The van der Waals surface area contributed by atoms with E-state index in [4.69, 9.17) is 0 Å². The molecule has 0 heteroatoms. The van der Waals surface area contributed by atoms with Gasteiger partial charge in [0, 0.05) is 0 Å². The zero-order valence-electron chi connectivity index (χ0n) is 13.1. The van der Waals surface area contributed by atoms with Crippen molar-refractivity contribution in [3.8, 4) is 0 Å². The molecule has 0 heterocycles. The summed E-state index contributed by atoms with van der Waals surface area (Å²) in [5, 5.41) is 0. The van der Waals surface area contributed by atoms with Gasteiger partial charge < -0.3 is 0 Å². The van der Waals surface area contributed by atoms with Gasteiger partial charge in [-0.2, -0.15) is 0 Å². The third-order valence-corrected chi connectivity index (χ3v) is 1.44. The maximum atomic E-state index is 2.28. The van der Waals surface area contributed by atoms with Crippen molar-refractivity contribution in [3.63, 3.8) is 0 Å². The van der Waals surface area contributed by atoms with Gasteiger partial charge in [-0.25, -0.2) is 0 Å². The zero-order chi connectivity index (χ0) is 13.3. The van der Waals surface area contributed by atoms with Gasteiger partial charge in [-0.05, 0) is 19.3 Å². The molecule has 0 rings (SSSR count). The van der Waals surface area contributed by atoms with Crippen molar-refractivity contribution in [1.29, 1.82) is 0 Å². The van der Waals surface area contributed by atoms with E-state index in [1.807, 2.05) is 27.7 Å². The summed E-state index contributed by atoms with van der Waals surface area (Å²) in [5.74, 6) is 0.731. The average molecular weight is 216 g/mol. The first-order valence-electron chi connectivity index (χ1n) is 6.76. The van der Waals surface area contributed by atoms with E-state index < -0.39 is 0 Å². The fourth-order valence-electron chi connectivity index (χ4n) is 0.558. The SMILES string of the molecule is CC.CC.CC/C=C(/C)C(C)C.CCC. The first-order valence-corrected chi connectivity index (χ1v) is 6.76. The summed E-state index contributed by atoms with van der Waals surface area (Å²) in [7, 11) is 0. The molecule has 0 aromatic heterocycles. The standard InChI is InChI=1S/C8H16.C3H8.2C2H6/c1-5-6-8(4)7(2)3;1-3-2;2*1-2/h6-7H,5H2,1-4H3;3H2,1-2H3;2*1-2H3/b8-6-;;;. The highest BCUT2D eigenvalue weighted by molar-refractivity contribution is 4.99. The van der Waals surface area contributed by atoms with Crippen LogP contribution in [0.4, 0.5) is 0 Å². The highest BCUT2D eigenvalue weighted by Gasteiger charge is 1.91. The second-order valence-electron chi connectivity index (χ2n) is 3.22. The fraction of sp³-hybridized carbons (Fsp3) is 0.867. The second-order valence-corrected chi connectivity index (χ2v) is 3.22. The molecule has 0 aromatic rings. The molecule has 0 aliphatic heterocycles. The molecule has 0 unspecified atom stereocenters. The number of hydrogen-bond acceptors (Lipinski definition) is 0. The topological polar surface area (TPSA) is 0 Å². The van der Waals surface area contributed by atoms with Crippen molar-refractivity contribution in [2.24, 2.45) is 5.92 Å². The Morgan fingerprint density at radius 1 is 0.933 bits per heavy atom. The third kappa shape index (κ3) is 41.7. The van der Waals surface area contributed by atoms with E-state index in [0.717, 1.165) is 5.92 Å². The summed E-state index contributed by atoms with van der Waals surface area (Å²) in [6.07, 6.45) is 4.70. The molecule has 0 aliphatic rings. The molecule has 0 bridgehead atoms. The normalized spacial score (nSPS) is 8.87. The molecule has 0 fully saturated rings. The minimum Gasteiger partial charge on any atom is -0.0856 e. The Bertz CT molecular complexity index is 88.2. The minimum absolute atomic E-state index is 0.731. The van der Waals surface area contributed by atoms with Crippen LogP contribution >= 0.6 is 0 Å². The van der Waals surface area contributed by atoms with Crippen molar-refractivity contribution >= 4 is 0 Å². The van der Waals surface area contributed by atoms with Gasteiger partial charge in [0.15, 0.2) is 0 Å². The first kappa shape index (κ1) is 24.1. The van der Waals surface area contributed by atoms with E-state index in [1.54, 1.807) is 0 Å². The van der Waals surface area contributed by atoms with E-state index in [-0.39, 0.29) is 0 Å². The first-order chi connectivity index (χ1) is 7.09. The van der Waals surface area contributed by atoms with Gasteiger partial charge >= 0.3 is 0 Å². The summed E-state index contributed by atoms with van der Waals surface area (Å²) in [6, 6.07) is 0. The van der Waals surface area contributed by atoms with Gasteiger partial charge in [-0.1, -0.05) is 80.4 Å². The number of rotatable bonds is 2. The Labute approximate surface area is 100 Å². The van der Waals surface area contributed by atoms with E-state index in [1.165, 1.54) is 18.4 Å². The maximum Gasteiger partial charge on any atom is -0.0263 e. The van der Waals surface area contributed by atoms with Crippen molar-refractivity contribution in [2.45, 2.75) is 82.1 Å². The van der Waals surface area contributed by atoms with Gasteiger partial charge in [-0.3, -0.25) is 0 Å². The molecule has 0 atom stereocenters. The average Bonchev–Trinajstić information content (AvgIpc) is 2.25. The van der Waals surface area contributed by atoms with Crippen LogP contribution < -0.4 is 0 Å². The van der Waals surface area contributed by atoms with Crippen LogP contribution in [0.15, 0.2) is 11.6 Å². The largest absolute Gasteiger partial charge is 0.0856 e. The molecule has 0 saturated carbocycles. The Balaban J connectivity index is -0.0000000726. The van der Waals surface area contributed by atoms with Gasteiger partial charge in [0.05, 0.1) is 0 Å². The van der Waals surface area contributed by atoms with Gasteiger partial charge in [0.1, 0.15) is 0 Å². The molecular weight excluding hydrogens is 180 g/mol. The van der Waals surface area contributed by atoms with Crippen LogP contribution in [0.2, 0.25) is 0 Å². The lowest BCUT2D eigenvalue weighted by atomic mass is 10.0. The lowest BCUT2D eigenvalue weighted by molar-refractivity contribution is 0.763. The molecule has 0 spiro atoms. The van der Waals surface area contributed by atoms with Crippen molar-refractivity contribution in [1.82, 2.24) is 0 Å². The molecule has 0 aromatic carbocycles. The molecule has 15 heavy (non-hydrogen) atoms. The van der Waals surface area contributed by atoms with Crippen LogP contribution in [-0.2, 0) is 0 Å². The Morgan fingerprint density at radius 3 is 1.27 bits per heavy atom. The van der Waals surface area contributed by atoms with Crippen molar-refractivity contribution in [3.05, 3.63) is 11.6 Å². The Morgan fingerprint density at radius 2 is 1.20 bits per heavy atom. The highest BCUT2D eigenvalue weighted by Crippen LogP contribution is 2.07. The Hall–Kier alpha value is -0.260. The van der Waals surface area contributed by atoms with Crippen LogP contribution in [0.3, 0.4) is 0 Å². The second kappa shape index (κ2) is 29.2. The molecular formula is C15H36. The summed E-state index contributed by atoms with van der Waals surface area (Å²) >= 11 is 0. The quantitative estimate of drug-likeness (QED) is 0.464. The Kier molecular flexibility index (Phi) is 47.0. The summed E-state index contributed by atoms with van der Waals surface area (Å²) in [4.78, 5) is 0. The smallest absolute Gasteiger partial charge is 0.0263 e. The maximum absolute atomic E-state index is 2.28. The van der Waals surface area contributed by atoms with Gasteiger partial charge in [0.2, 0.25) is 0 Å². The molecule has 0 nitrogen and oxygen atoms in total. The van der Waals surface area contributed by atoms with Crippen LogP contribution in [0, 0.1) is 5.92 Å². The fourth-order valence-corrected chi connectivity index (χ4v) is 0.558. The van der Waals surface area contributed by atoms with Gasteiger partial charge in [0.25, 0.3) is 0 Å². The van der Waals surface area contributed by atoms with Crippen molar-refractivity contribution in [2.75, 3.05) is 0 Å². The minimum atomic E-state index is 0.731. The molecule has 0 saturated heterocycles. The number of hydrogen-bond donors (Lipinski definition) is 0. The molecule has 0 N–H and O–H groups in total. The number of allylic oxidation sites excluding steroid dienone is 2. The predicted molar refractivity (Wildman–Crippen MR) is 77.5 cm³/mol. The summed E-state index contributed by atoms with van der Waals surface area (Å²) < 4.78 is 0. The molecule has 0 aliphatic carbocycles. The predicted octanol–water partition coefficient (Wildman–Crippen LogP) is 6.47. The van der Waals surface area contributed by atoms with Crippen LogP contribution in [0.1, 0.15) is 82.1 Å². The third-order valence-electron chi connectivity index (χ3n) is 1.44. The molecule has 0 radical (unpaired) electrons. The van der Waals surface area contributed by atoms with E-state index in [2.05, 4.69) is 47.6 Å². The lowest BCUT2D eigenvalue weighted by Crippen LogP contribution is -1.86. The summed E-state index contributed by atoms with van der Waals surface area (Å²) in [6.45, 7) is 21.1.